The predicted molar refractivity (Wildman–Crippen MR) is 66.0 cm³/mol. The molecule has 1 rings (SSSR count). The fourth-order valence-corrected chi connectivity index (χ4v) is 1.79. The van der Waals surface area contributed by atoms with Crippen molar-refractivity contribution in [1.82, 2.24) is 15.1 Å². The van der Waals surface area contributed by atoms with Crippen LogP contribution >= 0.6 is 0 Å². The molecule has 0 aliphatic rings. The maximum atomic E-state index is 11.7. The molecule has 106 valence electrons. The van der Waals surface area contributed by atoms with Crippen LogP contribution < -0.4 is 5.32 Å². The third-order valence-electron chi connectivity index (χ3n) is 2.60. The summed E-state index contributed by atoms with van der Waals surface area (Å²) in [6.07, 6.45) is 3.64. The monoisotopic (exact) mass is 289 g/mol. The average molecular weight is 289 g/mol. The molecule has 1 amide bonds. The molecule has 2 N–H and O–H groups in total. The van der Waals surface area contributed by atoms with Crippen molar-refractivity contribution >= 4 is 21.7 Å². The van der Waals surface area contributed by atoms with E-state index < -0.39 is 33.0 Å². The fraction of sp³-hybridized carbons (Fsp3) is 0.500. The summed E-state index contributed by atoms with van der Waals surface area (Å²) in [5.41, 5.74) is 0.268. The number of carbonyl (C=O) groups excluding carboxylic acids is 1. The number of rotatable bonds is 5. The molecular weight excluding hydrogens is 274 g/mol. The molecule has 0 bridgehead atoms. The van der Waals surface area contributed by atoms with Gasteiger partial charge in [0.05, 0.1) is 6.20 Å². The number of nitrogens with zero attached hydrogens (tertiary/aromatic N) is 2. The summed E-state index contributed by atoms with van der Waals surface area (Å²) in [5, 5.41) is 13.7. The largest absolute Gasteiger partial charge is 0.479 e. The molecule has 0 aromatic carbocycles. The lowest BCUT2D eigenvalue weighted by molar-refractivity contribution is -0.141. The van der Waals surface area contributed by atoms with Crippen LogP contribution in [-0.4, -0.2) is 46.7 Å². The van der Waals surface area contributed by atoms with Crippen molar-refractivity contribution in [3.8, 4) is 0 Å². The van der Waals surface area contributed by atoms with Gasteiger partial charge < -0.3 is 10.4 Å². The first-order chi connectivity index (χ1) is 8.62. The molecule has 19 heavy (non-hydrogen) atoms. The lowest BCUT2D eigenvalue weighted by atomic mass is 10.1. The van der Waals surface area contributed by atoms with Gasteiger partial charge in [0.25, 0.3) is 0 Å². The molecule has 0 spiro atoms. The molecule has 9 heteroatoms. The summed E-state index contributed by atoms with van der Waals surface area (Å²) >= 11 is 0. The van der Waals surface area contributed by atoms with Crippen LogP contribution in [-0.2, 0) is 26.5 Å². The molecule has 0 aliphatic heterocycles. The number of aliphatic carboxylic acids is 1. The maximum Gasteiger partial charge on any atom is 0.331 e. The van der Waals surface area contributed by atoms with Crippen molar-refractivity contribution in [1.29, 1.82) is 0 Å². The number of carboxylic acids is 1. The van der Waals surface area contributed by atoms with Crippen molar-refractivity contribution in [2.24, 2.45) is 7.05 Å². The number of hydrogen-bond donors (Lipinski definition) is 2. The second-order valence-electron chi connectivity index (χ2n) is 4.20. The van der Waals surface area contributed by atoms with Gasteiger partial charge in [0.1, 0.15) is 5.25 Å². The SMILES string of the molecule is CC(C(=O)NC(C(=O)O)c1cnn(C)c1)S(C)(=O)=O. The Morgan fingerprint density at radius 3 is 2.42 bits per heavy atom. The Morgan fingerprint density at radius 2 is 2.05 bits per heavy atom. The minimum Gasteiger partial charge on any atom is -0.479 e. The van der Waals surface area contributed by atoms with Gasteiger partial charge in [-0.1, -0.05) is 0 Å². The third-order valence-corrected chi connectivity index (χ3v) is 4.10. The number of aryl methyl sites for hydroxylation is 1. The number of sulfone groups is 1. The van der Waals surface area contributed by atoms with Crippen LogP contribution in [0.1, 0.15) is 18.5 Å². The molecule has 2 unspecified atom stereocenters. The van der Waals surface area contributed by atoms with Gasteiger partial charge in [0.2, 0.25) is 5.91 Å². The van der Waals surface area contributed by atoms with E-state index in [0.29, 0.717) is 0 Å². The van der Waals surface area contributed by atoms with Crippen LogP contribution in [0.3, 0.4) is 0 Å². The normalized spacial score (nSPS) is 14.7. The maximum absolute atomic E-state index is 11.7. The van der Waals surface area contributed by atoms with E-state index in [1.165, 1.54) is 24.0 Å². The quantitative estimate of drug-likeness (QED) is 0.725. The lowest BCUT2D eigenvalue weighted by Gasteiger charge is -2.15. The number of carbonyl (C=O) groups is 2. The van der Waals surface area contributed by atoms with E-state index in [4.69, 9.17) is 5.11 Å². The molecule has 1 heterocycles. The third kappa shape index (κ3) is 3.78. The van der Waals surface area contributed by atoms with Gasteiger partial charge in [-0.25, -0.2) is 13.2 Å². The van der Waals surface area contributed by atoms with Gasteiger partial charge in [-0.3, -0.25) is 9.48 Å². The highest BCUT2D eigenvalue weighted by Gasteiger charge is 2.29. The van der Waals surface area contributed by atoms with E-state index in [2.05, 4.69) is 10.4 Å². The number of amides is 1. The Balaban J connectivity index is 2.93. The Kier molecular flexibility index (Phi) is 4.30. The zero-order valence-electron chi connectivity index (χ0n) is 10.7. The van der Waals surface area contributed by atoms with Crippen LogP contribution in [0.4, 0.5) is 0 Å². The second kappa shape index (κ2) is 5.39. The molecule has 0 radical (unpaired) electrons. The molecule has 0 saturated heterocycles. The summed E-state index contributed by atoms with van der Waals surface area (Å²) in [7, 11) is -1.98. The van der Waals surface area contributed by atoms with Crippen molar-refractivity contribution in [3.05, 3.63) is 18.0 Å². The molecule has 0 saturated carbocycles. The highest BCUT2D eigenvalue weighted by molar-refractivity contribution is 7.92. The Morgan fingerprint density at radius 1 is 1.47 bits per heavy atom. The van der Waals surface area contributed by atoms with Gasteiger partial charge in [-0.05, 0) is 6.92 Å². The minimum absolute atomic E-state index is 0.268. The van der Waals surface area contributed by atoms with Crippen LogP contribution in [0.5, 0.6) is 0 Å². The first-order valence-electron chi connectivity index (χ1n) is 5.33. The molecular formula is C10H15N3O5S. The van der Waals surface area contributed by atoms with E-state index in [-0.39, 0.29) is 5.56 Å². The van der Waals surface area contributed by atoms with Crippen LogP contribution in [0.25, 0.3) is 0 Å². The molecule has 0 fully saturated rings. The highest BCUT2D eigenvalue weighted by atomic mass is 32.2. The van der Waals surface area contributed by atoms with Crippen LogP contribution in [0.15, 0.2) is 12.4 Å². The summed E-state index contributed by atoms with van der Waals surface area (Å²) in [4.78, 5) is 22.8. The summed E-state index contributed by atoms with van der Waals surface area (Å²) < 4.78 is 23.9. The second-order valence-corrected chi connectivity index (χ2v) is 6.57. The first-order valence-corrected chi connectivity index (χ1v) is 7.29. The van der Waals surface area contributed by atoms with E-state index in [1.54, 1.807) is 7.05 Å². The first kappa shape index (κ1) is 15.2. The molecule has 1 aromatic heterocycles. The number of hydrogen-bond acceptors (Lipinski definition) is 5. The van der Waals surface area contributed by atoms with Gasteiger partial charge in [0.15, 0.2) is 15.9 Å². The smallest absolute Gasteiger partial charge is 0.331 e. The van der Waals surface area contributed by atoms with E-state index >= 15 is 0 Å². The summed E-state index contributed by atoms with van der Waals surface area (Å²) in [6, 6.07) is -1.33. The molecule has 0 aliphatic carbocycles. The fourth-order valence-electron chi connectivity index (χ4n) is 1.33. The van der Waals surface area contributed by atoms with Crippen LogP contribution in [0.2, 0.25) is 0 Å². The Hall–Kier alpha value is -1.90. The standard InChI is InChI=1S/C10H15N3O5S/c1-6(19(3,17)18)9(14)12-8(10(15)16)7-4-11-13(2)5-7/h4-6,8H,1-3H3,(H,12,14)(H,15,16). The highest BCUT2D eigenvalue weighted by Crippen LogP contribution is 2.13. The number of nitrogens with one attached hydrogen (secondary N) is 1. The van der Waals surface area contributed by atoms with Gasteiger partial charge in [0, 0.05) is 25.1 Å². The minimum atomic E-state index is -3.58. The molecule has 1 aromatic rings. The Labute approximate surface area is 110 Å². The Bertz CT molecular complexity index is 592. The summed E-state index contributed by atoms with van der Waals surface area (Å²) in [5.74, 6) is -2.15. The zero-order chi connectivity index (χ0) is 14.8. The van der Waals surface area contributed by atoms with Gasteiger partial charge in [-0.15, -0.1) is 0 Å². The van der Waals surface area contributed by atoms with Crippen molar-refractivity contribution < 1.29 is 23.1 Å². The van der Waals surface area contributed by atoms with Crippen molar-refractivity contribution in [2.75, 3.05) is 6.26 Å². The molecule has 2 atom stereocenters. The topological polar surface area (TPSA) is 118 Å². The predicted octanol–water partition coefficient (Wildman–Crippen LogP) is -0.905. The van der Waals surface area contributed by atoms with Crippen LogP contribution in [0, 0.1) is 0 Å². The average Bonchev–Trinajstić information content (AvgIpc) is 2.69. The molecule has 8 nitrogen and oxygen atoms in total. The number of carboxylic acid groups (broad SMARTS) is 1. The van der Waals surface area contributed by atoms with Gasteiger partial charge in [-0.2, -0.15) is 5.10 Å². The van der Waals surface area contributed by atoms with Crippen molar-refractivity contribution in [2.45, 2.75) is 18.2 Å². The van der Waals surface area contributed by atoms with E-state index in [9.17, 15) is 18.0 Å². The van der Waals surface area contributed by atoms with Gasteiger partial charge >= 0.3 is 5.97 Å². The number of aromatic nitrogens is 2. The summed E-state index contributed by atoms with van der Waals surface area (Å²) in [6.45, 7) is 1.20. The zero-order valence-corrected chi connectivity index (χ0v) is 11.5. The van der Waals surface area contributed by atoms with E-state index in [1.807, 2.05) is 0 Å². The van der Waals surface area contributed by atoms with Crippen molar-refractivity contribution in [3.63, 3.8) is 0 Å². The lowest BCUT2D eigenvalue weighted by Crippen LogP contribution is -2.41. The van der Waals surface area contributed by atoms with E-state index in [0.717, 1.165) is 6.26 Å².